The van der Waals surface area contributed by atoms with Crippen molar-refractivity contribution in [1.82, 2.24) is 14.5 Å². The Kier molecular flexibility index (Phi) is 2.93. The smallest absolute Gasteiger partial charge is 0.348 e. The molecule has 0 amide bonds. The van der Waals surface area contributed by atoms with Gasteiger partial charge in [0.25, 0.3) is 0 Å². The molecule has 1 N–H and O–H groups in total. The van der Waals surface area contributed by atoms with Gasteiger partial charge >= 0.3 is 5.69 Å². The number of hydrogen-bond donors (Lipinski definition) is 1. The first-order valence-corrected chi connectivity index (χ1v) is 6.78. The summed E-state index contributed by atoms with van der Waals surface area (Å²) in [5, 5.41) is 1.05. The lowest BCUT2D eigenvalue weighted by molar-refractivity contribution is 0.728. The third kappa shape index (κ3) is 1.76. The Morgan fingerprint density at radius 2 is 1.90 bits per heavy atom. The minimum atomic E-state index is -0.186. The molecule has 3 rings (SSSR count). The molecular formula is C16H17N3O. The highest BCUT2D eigenvalue weighted by molar-refractivity contribution is 5.96. The van der Waals surface area contributed by atoms with Crippen LogP contribution in [0.3, 0.4) is 0 Å². The second kappa shape index (κ2) is 4.63. The maximum atomic E-state index is 12.1. The van der Waals surface area contributed by atoms with Crippen molar-refractivity contribution in [1.29, 1.82) is 0 Å². The molecule has 2 aromatic heterocycles. The Bertz CT molecular complexity index is 828. The molecule has 0 atom stereocenters. The van der Waals surface area contributed by atoms with E-state index >= 15 is 0 Å². The van der Waals surface area contributed by atoms with Crippen LogP contribution in [0.25, 0.3) is 22.2 Å². The van der Waals surface area contributed by atoms with Crippen LogP contribution in [-0.2, 0) is 6.54 Å². The van der Waals surface area contributed by atoms with Crippen LogP contribution in [0.5, 0.6) is 0 Å². The number of fused-ring (bicyclic) bond motifs is 1. The molecule has 0 saturated carbocycles. The molecule has 20 heavy (non-hydrogen) atoms. The fraction of sp³-hybridized carbons (Fsp3) is 0.250. The van der Waals surface area contributed by atoms with E-state index in [9.17, 15) is 4.79 Å². The van der Waals surface area contributed by atoms with E-state index in [4.69, 9.17) is 0 Å². The van der Waals surface area contributed by atoms with E-state index in [-0.39, 0.29) is 5.69 Å². The maximum Gasteiger partial charge on any atom is 0.348 e. The molecule has 2 heterocycles. The molecule has 0 aliphatic carbocycles. The monoisotopic (exact) mass is 267 g/mol. The third-order valence-corrected chi connectivity index (χ3v) is 3.67. The summed E-state index contributed by atoms with van der Waals surface area (Å²) in [6.07, 6.45) is 0. The molecule has 0 aliphatic rings. The van der Waals surface area contributed by atoms with E-state index in [1.165, 1.54) is 0 Å². The van der Waals surface area contributed by atoms with E-state index < -0.39 is 0 Å². The third-order valence-electron chi connectivity index (χ3n) is 3.67. The Morgan fingerprint density at radius 3 is 2.55 bits per heavy atom. The minimum Gasteiger partial charge on any atom is -0.356 e. The first-order chi connectivity index (χ1) is 9.63. The fourth-order valence-electron chi connectivity index (χ4n) is 2.79. The van der Waals surface area contributed by atoms with Gasteiger partial charge in [0.05, 0.1) is 16.9 Å². The number of H-pyrrole nitrogens is 1. The average molecular weight is 267 g/mol. The number of benzene rings is 1. The summed E-state index contributed by atoms with van der Waals surface area (Å²) in [6.45, 7) is 6.49. The van der Waals surface area contributed by atoms with E-state index in [1.54, 1.807) is 4.57 Å². The summed E-state index contributed by atoms with van der Waals surface area (Å²) in [5.74, 6) is 0. The van der Waals surface area contributed by atoms with Crippen LogP contribution in [0.1, 0.15) is 18.3 Å². The van der Waals surface area contributed by atoms with Gasteiger partial charge in [0.15, 0.2) is 0 Å². The second-order valence-electron chi connectivity index (χ2n) is 4.94. The molecule has 0 fully saturated rings. The highest BCUT2D eigenvalue weighted by atomic mass is 16.1. The average Bonchev–Trinajstić information content (AvgIpc) is 2.78. The molecule has 0 unspecified atom stereocenters. The van der Waals surface area contributed by atoms with Crippen molar-refractivity contribution in [2.45, 2.75) is 27.3 Å². The van der Waals surface area contributed by atoms with Crippen LogP contribution in [0, 0.1) is 13.8 Å². The van der Waals surface area contributed by atoms with Crippen molar-refractivity contribution in [3.05, 3.63) is 52.2 Å². The van der Waals surface area contributed by atoms with Crippen molar-refractivity contribution in [3.8, 4) is 11.3 Å². The summed E-state index contributed by atoms with van der Waals surface area (Å²) < 4.78 is 1.73. The molecule has 0 spiro atoms. The van der Waals surface area contributed by atoms with Crippen molar-refractivity contribution in [2.24, 2.45) is 0 Å². The Balaban J connectivity index is 2.49. The molecular weight excluding hydrogens is 250 g/mol. The predicted molar refractivity (Wildman–Crippen MR) is 80.9 cm³/mol. The van der Waals surface area contributed by atoms with Gasteiger partial charge in [-0.3, -0.25) is 4.57 Å². The first kappa shape index (κ1) is 12.7. The summed E-state index contributed by atoms with van der Waals surface area (Å²) in [6, 6.07) is 10.1. The largest absolute Gasteiger partial charge is 0.356 e. The maximum absolute atomic E-state index is 12.1. The lowest BCUT2D eigenvalue weighted by Gasteiger charge is -2.08. The normalized spacial score (nSPS) is 11.2. The van der Waals surface area contributed by atoms with Crippen LogP contribution in [0.2, 0.25) is 0 Å². The SMILES string of the molecule is CCn1c(=O)nc(C)c2c(C)[nH]c(-c3ccccc3)c21. The van der Waals surface area contributed by atoms with Gasteiger partial charge in [-0.15, -0.1) is 0 Å². The zero-order valence-corrected chi connectivity index (χ0v) is 11.9. The van der Waals surface area contributed by atoms with E-state index in [0.717, 1.165) is 33.5 Å². The second-order valence-corrected chi connectivity index (χ2v) is 4.94. The van der Waals surface area contributed by atoms with Crippen molar-refractivity contribution in [2.75, 3.05) is 0 Å². The van der Waals surface area contributed by atoms with Crippen LogP contribution < -0.4 is 5.69 Å². The molecule has 4 nitrogen and oxygen atoms in total. The quantitative estimate of drug-likeness (QED) is 0.776. The number of hydrogen-bond acceptors (Lipinski definition) is 2. The highest BCUT2D eigenvalue weighted by Crippen LogP contribution is 2.30. The highest BCUT2D eigenvalue weighted by Gasteiger charge is 2.16. The minimum absolute atomic E-state index is 0.186. The zero-order valence-electron chi connectivity index (χ0n) is 11.9. The number of nitrogens with zero attached hydrogens (tertiary/aromatic N) is 2. The summed E-state index contributed by atoms with van der Waals surface area (Å²) in [7, 11) is 0. The van der Waals surface area contributed by atoms with Crippen molar-refractivity contribution < 1.29 is 0 Å². The molecule has 0 saturated heterocycles. The molecule has 4 heteroatoms. The van der Waals surface area contributed by atoms with Crippen LogP contribution in [-0.4, -0.2) is 14.5 Å². The number of aryl methyl sites for hydroxylation is 3. The van der Waals surface area contributed by atoms with E-state index in [0.29, 0.717) is 6.54 Å². The zero-order chi connectivity index (χ0) is 14.3. The van der Waals surface area contributed by atoms with Gasteiger partial charge in [-0.2, -0.15) is 4.98 Å². The van der Waals surface area contributed by atoms with Gasteiger partial charge in [0.2, 0.25) is 0 Å². The van der Waals surface area contributed by atoms with Crippen LogP contribution in [0.15, 0.2) is 35.1 Å². The van der Waals surface area contributed by atoms with Gasteiger partial charge < -0.3 is 4.98 Å². The number of aromatic nitrogens is 3. The summed E-state index contributed by atoms with van der Waals surface area (Å²) in [5.41, 5.74) is 4.67. The summed E-state index contributed by atoms with van der Waals surface area (Å²) >= 11 is 0. The van der Waals surface area contributed by atoms with Gasteiger partial charge in [-0.1, -0.05) is 30.3 Å². The number of nitrogens with one attached hydrogen (secondary N) is 1. The standard InChI is InChI=1S/C16H17N3O/c1-4-19-15-13(11(3)18-16(19)20)10(2)17-14(15)12-8-6-5-7-9-12/h5-9,17H,4H2,1-3H3. The van der Waals surface area contributed by atoms with Crippen LogP contribution >= 0.6 is 0 Å². The van der Waals surface area contributed by atoms with Gasteiger partial charge in [0, 0.05) is 23.2 Å². The number of rotatable bonds is 2. The molecule has 0 aliphatic heterocycles. The first-order valence-electron chi connectivity index (χ1n) is 6.78. The van der Waals surface area contributed by atoms with Gasteiger partial charge in [0.1, 0.15) is 0 Å². The number of aromatic amines is 1. The fourth-order valence-corrected chi connectivity index (χ4v) is 2.79. The molecule has 3 aromatic rings. The van der Waals surface area contributed by atoms with Gasteiger partial charge in [-0.25, -0.2) is 4.79 Å². The van der Waals surface area contributed by atoms with E-state index in [2.05, 4.69) is 9.97 Å². The Labute approximate surface area is 117 Å². The molecule has 0 bridgehead atoms. The van der Waals surface area contributed by atoms with Crippen LogP contribution in [0.4, 0.5) is 0 Å². The lowest BCUT2D eigenvalue weighted by atomic mass is 10.1. The molecule has 1 aromatic carbocycles. The lowest BCUT2D eigenvalue weighted by Crippen LogP contribution is -2.23. The Morgan fingerprint density at radius 1 is 1.20 bits per heavy atom. The predicted octanol–water partition coefficient (Wildman–Crippen LogP) is 3.03. The van der Waals surface area contributed by atoms with Crippen molar-refractivity contribution >= 4 is 10.9 Å². The van der Waals surface area contributed by atoms with Crippen molar-refractivity contribution in [3.63, 3.8) is 0 Å². The van der Waals surface area contributed by atoms with E-state index in [1.807, 2.05) is 51.1 Å². The molecule has 102 valence electrons. The topological polar surface area (TPSA) is 50.7 Å². The Hall–Kier alpha value is -2.36. The summed E-state index contributed by atoms with van der Waals surface area (Å²) in [4.78, 5) is 19.7. The molecule has 0 radical (unpaired) electrons. The van der Waals surface area contributed by atoms with Gasteiger partial charge in [-0.05, 0) is 20.8 Å².